The maximum absolute atomic E-state index is 13.9. The van der Waals surface area contributed by atoms with Gasteiger partial charge in [-0.15, -0.1) is 0 Å². The van der Waals surface area contributed by atoms with Crippen LogP contribution in [0.25, 0.3) is 0 Å². The number of aliphatic hydroxyl groups is 1. The Hall–Kier alpha value is -7.18. The largest absolute Gasteiger partial charge is 0.480 e. The number of carbonyl (C=O) groups is 5. The number of nitrogens with two attached hydrogens (primary N) is 3. The summed E-state index contributed by atoms with van der Waals surface area (Å²) in [6, 6.07) is 24.4. The van der Waals surface area contributed by atoms with Crippen molar-refractivity contribution in [2.24, 2.45) is 11.5 Å². The number of aromatic nitrogens is 4. The van der Waals surface area contributed by atoms with Crippen molar-refractivity contribution in [3.05, 3.63) is 143 Å². The predicted octanol–water partition coefficient (Wildman–Crippen LogP) is 2.21. The second-order valence-corrected chi connectivity index (χ2v) is 14.9. The van der Waals surface area contributed by atoms with Crippen LogP contribution in [0.2, 0.25) is 0 Å². The van der Waals surface area contributed by atoms with Crippen LogP contribution in [-0.4, -0.2) is 83.7 Å². The third-order valence-electron chi connectivity index (χ3n) is 9.47. The van der Waals surface area contributed by atoms with Crippen LogP contribution >= 0.6 is 0 Å². The van der Waals surface area contributed by atoms with E-state index in [9.17, 15) is 34.2 Å². The molecule has 0 aliphatic rings. The van der Waals surface area contributed by atoms with E-state index in [1.807, 2.05) is 91.0 Å². The minimum Gasteiger partial charge on any atom is -0.480 e. The number of aliphatic hydroxyl groups excluding tert-OH is 1. The van der Waals surface area contributed by atoms with Crippen molar-refractivity contribution in [2.75, 3.05) is 12.3 Å². The summed E-state index contributed by atoms with van der Waals surface area (Å²) in [7, 11) is 0. The molecule has 314 valence electrons. The zero-order valence-electron chi connectivity index (χ0n) is 33.4. The first-order valence-corrected chi connectivity index (χ1v) is 18.8. The highest BCUT2D eigenvalue weighted by Crippen LogP contribution is 2.41. The lowest BCUT2D eigenvalue weighted by atomic mass is 9.77. The van der Waals surface area contributed by atoms with E-state index in [0.717, 1.165) is 16.7 Å². The fraction of sp³-hybridized carbons (Fsp3) is 0.286. The van der Waals surface area contributed by atoms with E-state index >= 15 is 0 Å². The van der Waals surface area contributed by atoms with Crippen molar-refractivity contribution < 1.29 is 38.9 Å². The molecule has 3 aromatic carbocycles. The summed E-state index contributed by atoms with van der Waals surface area (Å²) >= 11 is 0. The first-order chi connectivity index (χ1) is 28.4. The van der Waals surface area contributed by atoms with Gasteiger partial charge in [0.25, 0.3) is 5.91 Å². The summed E-state index contributed by atoms with van der Waals surface area (Å²) in [5.74, 6) is -4.85. The number of primary amides is 2. The van der Waals surface area contributed by atoms with E-state index in [-0.39, 0.29) is 35.1 Å². The number of nitrogen functional groups attached to an aromatic ring is 1. The van der Waals surface area contributed by atoms with Crippen molar-refractivity contribution in [2.45, 2.75) is 69.5 Å². The number of aliphatic carboxylic acids is 1. The molecule has 5 aromatic rings. The highest BCUT2D eigenvalue weighted by atomic mass is 16.6. The average Bonchev–Trinajstić information content (AvgIpc) is 3.70. The molecule has 60 heavy (non-hydrogen) atoms. The lowest BCUT2D eigenvalue weighted by Gasteiger charge is -2.37. The SMILES string of the molecule is Cc1c(N)nc([C@H](CC(N)=O)NC[C@H](NC(=O)OC(C)(C)C)C(N)=O)nc1C(=O)N[C@H](C(=O)O)[C@@H](O)c1cn(C(c2ccccc2)(c2ccccc2)c2ccccc2)cn1. The highest BCUT2D eigenvalue weighted by Gasteiger charge is 2.40. The molecule has 0 bridgehead atoms. The lowest BCUT2D eigenvalue weighted by Crippen LogP contribution is -2.52. The van der Waals surface area contributed by atoms with Gasteiger partial charge in [-0.25, -0.2) is 24.5 Å². The van der Waals surface area contributed by atoms with Crippen LogP contribution in [0.1, 0.15) is 83.6 Å². The lowest BCUT2D eigenvalue weighted by molar-refractivity contribution is -0.142. The molecule has 0 aliphatic carbocycles. The summed E-state index contributed by atoms with van der Waals surface area (Å²) in [5.41, 5.74) is 17.4. The van der Waals surface area contributed by atoms with Crippen molar-refractivity contribution in [3.63, 3.8) is 0 Å². The molecule has 4 atom stereocenters. The van der Waals surface area contributed by atoms with E-state index in [4.69, 9.17) is 21.9 Å². The van der Waals surface area contributed by atoms with Crippen molar-refractivity contribution in [3.8, 4) is 0 Å². The van der Waals surface area contributed by atoms with Gasteiger partial charge in [-0.3, -0.25) is 14.4 Å². The molecule has 0 unspecified atom stereocenters. The van der Waals surface area contributed by atoms with Gasteiger partial charge >= 0.3 is 12.1 Å². The molecular formula is C42H48N10O8. The molecule has 11 N–H and O–H groups in total. The van der Waals surface area contributed by atoms with E-state index in [0.29, 0.717) is 0 Å². The van der Waals surface area contributed by atoms with Gasteiger partial charge in [0.05, 0.1) is 18.1 Å². The number of ether oxygens (including phenoxy) is 1. The minimum absolute atomic E-state index is 0.0527. The molecule has 4 amide bonds. The van der Waals surface area contributed by atoms with Crippen LogP contribution in [-0.2, 0) is 24.7 Å². The van der Waals surface area contributed by atoms with E-state index in [1.54, 1.807) is 25.3 Å². The highest BCUT2D eigenvalue weighted by molar-refractivity contribution is 5.97. The average molecular weight is 821 g/mol. The number of carbonyl (C=O) groups excluding carboxylic acids is 4. The van der Waals surface area contributed by atoms with Crippen LogP contribution in [0.4, 0.5) is 10.6 Å². The molecule has 0 saturated carbocycles. The van der Waals surface area contributed by atoms with E-state index in [1.165, 1.54) is 19.4 Å². The standard InChI is InChI=1S/C42H48N10O8/c1-24-32(49-37(51-35(24)44)28(20-31(43)53)46-21-29(36(45)55)48-40(59)60-41(2,3)4)38(56)50-33(39(57)58)34(54)30-22-52(23-47-30)42(25-14-8-5-9-15-25,26-16-10-6-11-17-26)27-18-12-7-13-19-27/h5-19,22-23,28-29,33-34,46,54H,20-21H2,1-4H3,(H2,43,53)(H2,45,55)(H,48,59)(H,50,56)(H,57,58)(H2,44,49,51)/t28-,29-,33-,34-/m0/s1. The Morgan fingerprint density at radius 1 is 0.833 bits per heavy atom. The monoisotopic (exact) mass is 820 g/mol. The minimum atomic E-state index is -1.95. The first-order valence-electron chi connectivity index (χ1n) is 18.8. The summed E-state index contributed by atoms with van der Waals surface area (Å²) in [4.78, 5) is 76.3. The molecule has 18 nitrogen and oxygen atoms in total. The van der Waals surface area contributed by atoms with Gasteiger partial charge in [0, 0.05) is 24.7 Å². The normalized spacial score (nSPS) is 13.6. The third kappa shape index (κ3) is 10.1. The maximum atomic E-state index is 13.9. The second kappa shape index (κ2) is 18.6. The van der Waals surface area contributed by atoms with Gasteiger partial charge in [-0.2, -0.15) is 0 Å². The number of alkyl carbamates (subject to hydrolysis) is 1. The summed E-state index contributed by atoms with van der Waals surface area (Å²) in [6.07, 6.45) is -0.246. The number of hydrogen-bond acceptors (Lipinski definition) is 12. The number of carboxylic acids is 1. The quantitative estimate of drug-likeness (QED) is 0.0625. The van der Waals surface area contributed by atoms with Crippen LogP contribution in [0.5, 0.6) is 0 Å². The number of nitrogens with zero attached hydrogens (tertiary/aromatic N) is 4. The van der Waals surface area contributed by atoms with Gasteiger partial charge in [-0.05, 0) is 44.4 Å². The Bertz CT molecular complexity index is 2220. The number of imidazole rings is 1. The molecule has 0 saturated heterocycles. The van der Waals surface area contributed by atoms with Gasteiger partial charge in [0.1, 0.15) is 40.6 Å². The molecule has 0 radical (unpaired) electrons. The van der Waals surface area contributed by atoms with Gasteiger partial charge in [0.2, 0.25) is 11.8 Å². The number of hydrogen-bond donors (Lipinski definition) is 8. The van der Waals surface area contributed by atoms with Gasteiger partial charge in [-0.1, -0.05) is 91.0 Å². The zero-order chi connectivity index (χ0) is 43.8. The van der Waals surface area contributed by atoms with Crippen molar-refractivity contribution in [1.82, 2.24) is 35.5 Å². The Balaban J connectivity index is 1.46. The number of carboxylic acid groups (broad SMARTS) is 1. The van der Waals surface area contributed by atoms with E-state index < -0.39 is 71.6 Å². The molecule has 0 fully saturated rings. The van der Waals surface area contributed by atoms with Crippen molar-refractivity contribution >= 4 is 35.6 Å². The third-order valence-corrected chi connectivity index (χ3v) is 9.47. The summed E-state index contributed by atoms with van der Waals surface area (Å²) < 4.78 is 6.98. The molecule has 0 aliphatic heterocycles. The Morgan fingerprint density at radius 2 is 1.37 bits per heavy atom. The summed E-state index contributed by atoms with van der Waals surface area (Å²) in [6.45, 7) is 5.94. The molecule has 2 aromatic heterocycles. The van der Waals surface area contributed by atoms with Crippen LogP contribution in [0.3, 0.4) is 0 Å². The zero-order valence-corrected chi connectivity index (χ0v) is 33.4. The Kier molecular flexibility index (Phi) is 13.6. The predicted molar refractivity (Wildman–Crippen MR) is 219 cm³/mol. The van der Waals surface area contributed by atoms with Crippen LogP contribution in [0, 0.1) is 6.92 Å². The van der Waals surface area contributed by atoms with Crippen LogP contribution < -0.4 is 33.2 Å². The number of anilines is 1. The second-order valence-electron chi connectivity index (χ2n) is 14.9. The van der Waals surface area contributed by atoms with Crippen LogP contribution in [0.15, 0.2) is 104 Å². The molecule has 5 rings (SSSR count). The fourth-order valence-electron chi connectivity index (χ4n) is 6.63. The first kappa shape index (κ1) is 43.9. The van der Waals surface area contributed by atoms with Crippen molar-refractivity contribution in [1.29, 1.82) is 0 Å². The Morgan fingerprint density at radius 3 is 1.83 bits per heavy atom. The molecular weight excluding hydrogens is 773 g/mol. The summed E-state index contributed by atoms with van der Waals surface area (Å²) in [5, 5.41) is 29.5. The smallest absolute Gasteiger partial charge is 0.408 e. The van der Waals surface area contributed by atoms with Gasteiger partial charge in [0.15, 0.2) is 6.04 Å². The maximum Gasteiger partial charge on any atom is 0.408 e. The molecule has 0 spiro atoms. The van der Waals surface area contributed by atoms with Gasteiger partial charge < -0.3 is 52.7 Å². The topological polar surface area (TPSA) is 293 Å². The number of amides is 4. The molecule has 18 heteroatoms. The number of rotatable bonds is 17. The Labute approximate surface area is 345 Å². The van der Waals surface area contributed by atoms with E-state index in [2.05, 4.69) is 30.9 Å². The molecule has 2 heterocycles. The number of nitrogens with one attached hydrogen (secondary N) is 3. The fourth-order valence-corrected chi connectivity index (χ4v) is 6.63. The number of benzene rings is 3.